The molecule has 2 heterocycles. The van der Waals surface area contributed by atoms with Gasteiger partial charge >= 0.3 is 0 Å². The molecule has 1 aromatic heterocycles. The van der Waals surface area contributed by atoms with Gasteiger partial charge in [-0.3, -0.25) is 0 Å². The first-order valence-electron chi connectivity index (χ1n) is 6.71. The number of rotatable bonds is 3. The van der Waals surface area contributed by atoms with E-state index in [9.17, 15) is 0 Å². The van der Waals surface area contributed by atoms with E-state index in [1.54, 1.807) is 7.11 Å². The Morgan fingerprint density at radius 2 is 2.10 bits per heavy atom. The van der Waals surface area contributed by atoms with Crippen LogP contribution in [-0.4, -0.2) is 23.6 Å². The van der Waals surface area contributed by atoms with Gasteiger partial charge in [0, 0.05) is 37.2 Å². The summed E-state index contributed by atoms with van der Waals surface area (Å²) in [5.41, 5.74) is 3.56. The molecule has 0 radical (unpaired) electrons. The predicted octanol–water partition coefficient (Wildman–Crippen LogP) is 2.38. The van der Waals surface area contributed by atoms with Crippen molar-refractivity contribution >= 4 is 12.2 Å². The first-order valence-corrected chi connectivity index (χ1v) is 7.11. The molecule has 0 unspecified atom stereocenters. The molecule has 0 aliphatic carbocycles. The second-order valence-corrected chi connectivity index (χ2v) is 5.28. The van der Waals surface area contributed by atoms with Gasteiger partial charge in [0.1, 0.15) is 16.2 Å². The first kappa shape index (κ1) is 13.3. The third kappa shape index (κ3) is 2.73. The molecule has 1 aromatic carbocycles. The third-order valence-corrected chi connectivity index (χ3v) is 3.88. The summed E-state index contributed by atoms with van der Waals surface area (Å²) in [6.45, 7) is 1.81. The standard InChI is InChI=1S/C15H17N3OS/c1-19-11-4-2-10(3-5-11)8-14-17-13-6-7-16-9-12(13)15(20)18-14/h2-5,16H,6-9H2,1H3,(H,17,18,20). The average molecular weight is 287 g/mol. The van der Waals surface area contributed by atoms with E-state index in [0.717, 1.165) is 47.7 Å². The van der Waals surface area contributed by atoms with E-state index < -0.39 is 0 Å². The lowest BCUT2D eigenvalue weighted by Crippen LogP contribution is -2.26. The molecule has 4 nitrogen and oxygen atoms in total. The van der Waals surface area contributed by atoms with Gasteiger partial charge in [0.25, 0.3) is 0 Å². The van der Waals surface area contributed by atoms with Crippen LogP contribution >= 0.6 is 12.2 Å². The molecular weight excluding hydrogens is 270 g/mol. The minimum Gasteiger partial charge on any atom is -0.497 e. The van der Waals surface area contributed by atoms with Crippen LogP contribution in [-0.2, 0) is 19.4 Å². The maximum Gasteiger partial charge on any atom is 0.134 e. The van der Waals surface area contributed by atoms with Crippen molar-refractivity contribution in [3.63, 3.8) is 0 Å². The molecule has 0 amide bonds. The number of fused-ring (bicyclic) bond motifs is 1. The fourth-order valence-corrected chi connectivity index (χ4v) is 2.75. The normalized spacial score (nSPS) is 13.8. The Morgan fingerprint density at radius 3 is 2.85 bits per heavy atom. The van der Waals surface area contributed by atoms with Crippen molar-refractivity contribution in [3.05, 3.63) is 51.6 Å². The van der Waals surface area contributed by atoms with Crippen LogP contribution in [0.3, 0.4) is 0 Å². The molecule has 2 N–H and O–H groups in total. The van der Waals surface area contributed by atoms with Crippen molar-refractivity contribution in [3.8, 4) is 5.75 Å². The van der Waals surface area contributed by atoms with E-state index in [4.69, 9.17) is 17.0 Å². The fourth-order valence-electron chi connectivity index (χ4n) is 2.44. The van der Waals surface area contributed by atoms with Gasteiger partial charge in [-0.25, -0.2) is 4.98 Å². The highest BCUT2D eigenvalue weighted by molar-refractivity contribution is 7.71. The summed E-state index contributed by atoms with van der Waals surface area (Å²) in [5, 5.41) is 3.32. The van der Waals surface area contributed by atoms with Gasteiger partial charge in [-0.15, -0.1) is 0 Å². The summed E-state index contributed by atoms with van der Waals surface area (Å²) >= 11 is 5.39. The molecule has 20 heavy (non-hydrogen) atoms. The number of nitrogens with one attached hydrogen (secondary N) is 2. The van der Waals surface area contributed by atoms with Crippen molar-refractivity contribution in [1.82, 2.24) is 15.3 Å². The molecule has 0 bridgehead atoms. The Morgan fingerprint density at radius 1 is 1.30 bits per heavy atom. The summed E-state index contributed by atoms with van der Waals surface area (Å²) in [6.07, 6.45) is 1.74. The summed E-state index contributed by atoms with van der Waals surface area (Å²) in [4.78, 5) is 7.95. The molecule has 3 rings (SSSR count). The molecule has 1 aliphatic rings. The summed E-state index contributed by atoms with van der Waals surface area (Å²) < 4.78 is 5.88. The highest BCUT2D eigenvalue weighted by atomic mass is 32.1. The van der Waals surface area contributed by atoms with E-state index in [0.29, 0.717) is 0 Å². The Balaban J connectivity index is 1.87. The maximum absolute atomic E-state index is 5.39. The zero-order valence-corrected chi connectivity index (χ0v) is 12.2. The maximum atomic E-state index is 5.39. The minimum atomic E-state index is 0.717. The Bertz CT molecular complexity index is 664. The second kappa shape index (κ2) is 5.73. The van der Waals surface area contributed by atoms with Crippen molar-refractivity contribution in [2.45, 2.75) is 19.4 Å². The number of methoxy groups -OCH3 is 1. The fraction of sp³-hybridized carbons (Fsp3) is 0.333. The van der Waals surface area contributed by atoms with E-state index in [1.165, 1.54) is 11.3 Å². The monoisotopic (exact) mass is 287 g/mol. The van der Waals surface area contributed by atoms with Gasteiger partial charge in [-0.1, -0.05) is 24.4 Å². The molecular formula is C15H17N3OS. The highest BCUT2D eigenvalue weighted by Crippen LogP contribution is 2.16. The summed E-state index contributed by atoms with van der Waals surface area (Å²) in [6, 6.07) is 8.04. The van der Waals surface area contributed by atoms with Crippen LogP contribution in [0.15, 0.2) is 24.3 Å². The number of aromatic nitrogens is 2. The number of nitrogens with zero attached hydrogens (tertiary/aromatic N) is 1. The van der Waals surface area contributed by atoms with E-state index in [-0.39, 0.29) is 0 Å². The van der Waals surface area contributed by atoms with E-state index >= 15 is 0 Å². The number of benzene rings is 1. The minimum absolute atomic E-state index is 0.717. The Hall–Kier alpha value is -1.72. The summed E-state index contributed by atoms with van der Waals surface area (Å²) in [5.74, 6) is 1.80. The average Bonchev–Trinajstić information content (AvgIpc) is 2.48. The molecule has 0 saturated carbocycles. The van der Waals surface area contributed by atoms with Crippen LogP contribution in [0.4, 0.5) is 0 Å². The first-order chi connectivity index (χ1) is 9.76. The van der Waals surface area contributed by atoms with Crippen LogP contribution in [0.2, 0.25) is 0 Å². The van der Waals surface area contributed by atoms with Crippen molar-refractivity contribution in [1.29, 1.82) is 0 Å². The zero-order chi connectivity index (χ0) is 13.9. The highest BCUT2D eigenvalue weighted by Gasteiger charge is 2.12. The van der Waals surface area contributed by atoms with Gasteiger partial charge in [-0.05, 0) is 17.7 Å². The van der Waals surface area contributed by atoms with Gasteiger partial charge in [0.2, 0.25) is 0 Å². The van der Waals surface area contributed by atoms with Gasteiger partial charge in [-0.2, -0.15) is 0 Å². The number of hydrogen-bond donors (Lipinski definition) is 2. The number of ether oxygens (including phenoxy) is 1. The topological polar surface area (TPSA) is 49.9 Å². The van der Waals surface area contributed by atoms with Crippen molar-refractivity contribution < 1.29 is 4.74 Å². The Kier molecular flexibility index (Phi) is 3.80. The quantitative estimate of drug-likeness (QED) is 0.851. The second-order valence-electron chi connectivity index (χ2n) is 4.90. The molecule has 1 aliphatic heterocycles. The molecule has 0 atom stereocenters. The SMILES string of the molecule is COc1ccc(Cc2nc(=S)c3c([nH]2)CCNC3)cc1. The molecule has 5 heteroatoms. The van der Waals surface area contributed by atoms with Gasteiger partial charge in [0.15, 0.2) is 0 Å². The molecule has 2 aromatic rings. The third-order valence-electron chi connectivity index (χ3n) is 3.54. The smallest absolute Gasteiger partial charge is 0.134 e. The number of aromatic amines is 1. The van der Waals surface area contributed by atoms with Crippen molar-refractivity contribution in [2.75, 3.05) is 13.7 Å². The molecule has 0 saturated heterocycles. The van der Waals surface area contributed by atoms with E-state index in [2.05, 4.69) is 27.4 Å². The summed E-state index contributed by atoms with van der Waals surface area (Å²) in [7, 11) is 1.67. The lowest BCUT2D eigenvalue weighted by molar-refractivity contribution is 0.414. The molecule has 0 fully saturated rings. The van der Waals surface area contributed by atoms with Crippen LogP contribution < -0.4 is 10.1 Å². The Labute approximate surface area is 123 Å². The van der Waals surface area contributed by atoms with Crippen LogP contribution in [0.25, 0.3) is 0 Å². The van der Waals surface area contributed by atoms with E-state index in [1.807, 2.05) is 12.1 Å². The van der Waals surface area contributed by atoms with Crippen molar-refractivity contribution in [2.24, 2.45) is 0 Å². The van der Waals surface area contributed by atoms with Crippen LogP contribution in [0, 0.1) is 4.64 Å². The van der Waals surface area contributed by atoms with Crippen LogP contribution in [0.1, 0.15) is 22.6 Å². The van der Waals surface area contributed by atoms with Gasteiger partial charge in [0.05, 0.1) is 7.11 Å². The van der Waals surface area contributed by atoms with Crippen LogP contribution in [0.5, 0.6) is 5.75 Å². The lowest BCUT2D eigenvalue weighted by Gasteiger charge is -2.17. The largest absolute Gasteiger partial charge is 0.497 e. The molecule has 0 spiro atoms. The lowest BCUT2D eigenvalue weighted by atomic mass is 10.1. The predicted molar refractivity (Wildman–Crippen MR) is 80.6 cm³/mol. The molecule has 104 valence electrons. The number of H-pyrrole nitrogens is 1. The zero-order valence-electron chi connectivity index (χ0n) is 11.4. The number of hydrogen-bond acceptors (Lipinski definition) is 4. The van der Waals surface area contributed by atoms with Gasteiger partial charge < -0.3 is 15.0 Å².